The number of aromatic nitrogens is 1. The number of pyridine rings is 1. The second-order valence-electron chi connectivity index (χ2n) is 6.08. The molecular weight excluding hydrogens is 346 g/mol. The molecule has 0 fully saturated rings. The summed E-state index contributed by atoms with van der Waals surface area (Å²) in [7, 11) is 0. The van der Waals surface area contributed by atoms with E-state index >= 15 is 0 Å². The van der Waals surface area contributed by atoms with Gasteiger partial charge in [0, 0.05) is 30.5 Å². The molecule has 0 aliphatic heterocycles. The second-order valence-corrected chi connectivity index (χ2v) is 6.49. The summed E-state index contributed by atoms with van der Waals surface area (Å²) in [5, 5.41) is 6.88. The number of nitrogens with one attached hydrogen (secondary N) is 2. The van der Waals surface area contributed by atoms with Crippen molar-refractivity contribution in [3.05, 3.63) is 94.3 Å². The van der Waals surface area contributed by atoms with E-state index < -0.39 is 0 Å². The van der Waals surface area contributed by atoms with Crippen molar-refractivity contribution in [1.29, 1.82) is 0 Å². The largest absolute Gasteiger partial charge is 0.380 e. The van der Waals surface area contributed by atoms with Crippen LogP contribution < -0.4 is 10.6 Å². The van der Waals surface area contributed by atoms with Crippen LogP contribution in [0.3, 0.4) is 0 Å². The molecule has 0 aliphatic rings. The van der Waals surface area contributed by atoms with Crippen molar-refractivity contribution < 1.29 is 4.79 Å². The molecule has 2 N–H and O–H groups in total. The van der Waals surface area contributed by atoms with E-state index in [1.54, 1.807) is 18.5 Å². The number of aryl methyl sites for hydroxylation is 1. The Labute approximate surface area is 158 Å². The van der Waals surface area contributed by atoms with Crippen molar-refractivity contribution in [1.82, 2.24) is 10.3 Å². The molecule has 2 aromatic carbocycles. The van der Waals surface area contributed by atoms with Gasteiger partial charge in [-0.1, -0.05) is 59.6 Å². The average molecular weight is 366 g/mol. The van der Waals surface area contributed by atoms with Crippen LogP contribution in [0.2, 0.25) is 5.02 Å². The summed E-state index contributed by atoms with van der Waals surface area (Å²) in [4.78, 5) is 16.5. The number of benzene rings is 2. The Balaban J connectivity index is 1.61. The van der Waals surface area contributed by atoms with Gasteiger partial charge in [-0.3, -0.25) is 9.78 Å². The first-order valence-corrected chi connectivity index (χ1v) is 8.76. The highest BCUT2D eigenvalue weighted by atomic mass is 35.5. The van der Waals surface area contributed by atoms with Crippen molar-refractivity contribution in [3.63, 3.8) is 0 Å². The standard InChI is InChI=1S/C21H20ClN3O/c1-15-5-4-6-16(9-15)11-25-21(26)18-10-19(14-23-12-18)24-13-17-7-2-3-8-20(17)22/h2-10,12,14,24H,11,13H2,1H3,(H,25,26). The molecule has 4 nitrogen and oxygen atoms in total. The van der Waals surface area contributed by atoms with Crippen molar-refractivity contribution in [2.45, 2.75) is 20.0 Å². The molecule has 0 unspecified atom stereocenters. The zero-order valence-electron chi connectivity index (χ0n) is 14.5. The highest BCUT2D eigenvalue weighted by molar-refractivity contribution is 6.31. The summed E-state index contributed by atoms with van der Waals surface area (Å²) < 4.78 is 0. The minimum absolute atomic E-state index is 0.152. The number of carbonyl (C=O) groups is 1. The number of anilines is 1. The van der Waals surface area contributed by atoms with Crippen LogP contribution in [0.5, 0.6) is 0 Å². The number of carbonyl (C=O) groups excluding carboxylic acids is 1. The molecule has 0 saturated heterocycles. The van der Waals surface area contributed by atoms with Gasteiger partial charge in [-0.2, -0.15) is 0 Å². The Hall–Kier alpha value is -2.85. The molecule has 0 bridgehead atoms. The number of amides is 1. The van der Waals surface area contributed by atoms with E-state index in [2.05, 4.69) is 21.7 Å². The van der Waals surface area contributed by atoms with Crippen LogP contribution in [0.15, 0.2) is 67.0 Å². The van der Waals surface area contributed by atoms with Crippen molar-refractivity contribution >= 4 is 23.2 Å². The number of nitrogens with zero attached hydrogens (tertiary/aromatic N) is 1. The second kappa shape index (κ2) is 8.50. The summed E-state index contributed by atoms with van der Waals surface area (Å²) in [6.07, 6.45) is 3.25. The molecule has 26 heavy (non-hydrogen) atoms. The fourth-order valence-corrected chi connectivity index (χ4v) is 2.81. The molecule has 5 heteroatoms. The molecule has 0 atom stereocenters. The first-order valence-electron chi connectivity index (χ1n) is 8.38. The van der Waals surface area contributed by atoms with E-state index in [4.69, 9.17) is 11.6 Å². The maximum Gasteiger partial charge on any atom is 0.253 e. The van der Waals surface area contributed by atoms with Crippen LogP contribution in [-0.4, -0.2) is 10.9 Å². The number of hydrogen-bond acceptors (Lipinski definition) is 3. The Bertz CT molecular complexity index is 911. The normalized spacial score (nSPS) is 10.4. The topological polar surface area (TPSA) is 54.0 Å². The van der Waals surface area contributed by atoms with Gasteiger partial charge in [-0.15, -0.1) is 0 Å². The van der Waals surface area contributed by atoms with E-state index in [1.165, 1.54) is 5.56 Å². The Morgan fingerprint density at radius 3 is 2.69 bits per heavy atom. The van der Waals surface area contributed by atoms with Gasteiger partial charge in [0.15, 0.2) is 0 Å². The van der Waals surface area contributed by atoms with Crippen molar-refractivity contribution in [3.8, 4) is 0 Å². The van der Waals surface area contributed by atoms with Crippen LogP contribution in [0.4, 0.5) is 5.69 Å². The SMILES string of the molecule is Cc1cccc(CNC(=O)c2cncc(NCc3ccccc3Cl)c2)c1. The summed E-state index contributed by atoms with van der Waals surface area (Å²) in [6.45, 7) is 3.08. The third kappa shape index (κ3) is 4.83. The third-order valence-electron chi connectivity index (χ3n) is 3.98. The third-order valence-corrected chi connectivity index (χ3v) is 4.35. The lowest BCUT2D eigenvalue weighted by atomic mass is 10.1. The fourth-order valence-electron chi connectivity index (χ4n) is 2.61. The van der Waals surface area contributed by atoms with E-state index in [0.717, 1.165) is 16.8 Å². The van der Waals surface area contributed by atoms with Gasteiger partial charge in [0.25, 0.3) is 5.91 Å². The van der Waals surface area contributed by atoms with Gasteiger partial charge in [-0.05, 0) is 30.2 Å². The highest BCUT2D eigenvalue weighted by Gasteiger charge is 2.07. The van der Waals surface area contributed by atoms with Gasteiger partial charge in [-0.25, -0.2) is 0 Å². The summed E-state index contributed by atoms with van der Waals surface area (Å²) >= 11 is 6.16. The zero-order chi connectivity index (χ0) is 18.4. The molecular formula is C21H20ClN3O. The monoisotopic (exact) mass is 365 g/mol. The van der Waals surface area contributed by atoms with E-state index in [1.807, 2.05) is 49.4 Å². The van der Waals surface area contributed by atoms with Crippen LogP contribution in [0, 0.1) is 6.92 Å². The molecule has 0 spiro atoms. The Morgan fingerprint density at radius 1 is 1.04 bits per heavy atom. The lowest BCUT2D eigenvalue weighted by Gasteiger charge is -2.10. The van der Waals surface area contributed by atoms with Crippen LogP contribution in [0.1, 0.15) is 27.0 Å². The molecule has 0 saturated carbocycles. The van der Waals surface area contributed by atoms with Gasteiger partial charge in [0.2, 0.25) is 0 Å². The molecule has 0 radical (unpaired) electrons. The maximum absolute atomic E-state index is 12.4. The van der Waals surface area contributed by atoms with Crippen LogP contribution in [0.25, 0.3) is 0 Å². The highest BCUT2D eigenvalue weighted by Crippen LogP contribution is 2.17. The molecule has 3 aromatic rings. The molecule has 132 valence electrons. The molecule has 1 heterocycles. The predicted octanol–water partition coefficient (Wildman–Crippen LogP) is 4.59. The molecule has 0 aliphatic carbocycles. The van der Waals surface area contributed by atoms with Crippen molar-refractivity contribution in [2.24, 2.45) is 0 Å². The van der Waals surface area contributed by atoms with E-state index in [0.29, 0.717) is 23.7 Å². The molecule has 3 rings (SSSR count). The minimum Gasteiger partial charge on any atom is -0.380 e. The van der Waals surface area contributed by atoms with Crippen molar-refractivity contribution in [2.75, 3.05) is 5.32 Å². The first-order chi connectivity index (χ1) is 12.6. The fraction of sp³-hybridized carbons (Fsp3) is 0.143. The maximum atomic E-state index is 12.4. The number of hydrogen-bond donors (Lipinski definition) is 2. The smallest absolute Gasteiger partial charge is 0.253 e. The Kier molecular flexibility index (Phi) is 5.87. The quantitative estimate of drug-likeness (QED) is 0.672. The van der Waals surface area contributed by atoms with Gasteiger partial charge in [0.05, 0.1) is 11.3 Å². The van der Waals surface area contributed by atoms with E-state index in [9.17, 15) is 4.79 Å². The predicted molar refractivity (Wildman–Crippen MR) is 105 cm³/mol. The summed E-state index contributed by atoms with van der Waals surface area (Å²) in [5.74, 6) is -0.152. The lowest BCUT2D eigenvalue weighted by Crippen LogP contribution is -2.23. The van der Waals surface area contributed by atoms with E-state index in [-0.39, 0.29) is 5.91 Å². The number of rotatable bonds is 6. The molecule has 1 aromatic heterocycles. The molecule has 1 amide bonds. The summed E-state index contributed by atoms with van der Waals surface area (Å²) in [6, 6.07) is 17.5. The zero-order valence-corrected chi connectivity index (χ0v) is 15.3. The first kappa shape index (κ1) is 18.0. The lowest BCUT2D eigenvalue weighted by molar-refractivity contribution is 0.0950. The minimum atomic E-state index is -0.152. The number of halogens is 1. The van der Waals surface area contributed by atoms with Gasteiger partial charge < -0.3 is 10.6 Å². The Morgan fingerprint density at radius 2 is 1.88 bits per heavy atom. The van der Waals surface area contributed by atoms with Crippen LogP contribution in [-0.2, 0) is 13.1 Å². The average Bonchev–Trinajstić information content (AvgIpc) is 2.66. The van der Waals surface area contributed by atoms with Gasteiger partial charge in [0.1, 0.15) is 0 Å². The summed E-state index contributed by atoms with van der Waals surface area (Å²) in [5.41, 5.74) is 4.52. The van der Waals surface area contributed by atoms with Crippen LogP contribution >= 0.6 is 11.6 Å². The van der Waals surface area contributed by atoms with Gasteiger partial charge >= 0.3 is 0 Å².